The van der Waals surface area contributed by atoms with Crippen molar-refractivity contribution in [2.24, 2.45) is 5.10 Å². The maximum atomic E-state index is 12.8. The number of carbonyl (C=O) groups excluding carboxylic acids is 1. The zero-order valence-corrected chi connectivity index (χ0v) is 14.8. The highest BCUT2D eigenvalue weighted by Gasteiger charge is 2.30. The molecule has 0 bridgehead atoms. The normalized spacial score (nSPS) is 12.2. The van der Waals surface area contributed by atoms with Crippen molar-refractivity contribution in [3.05, 3.63) is 71.4 Å². The molecule has 0 aliphatic carbocycles. The van der Waals surface area contributed by atoms with Crippen LogP contribution in [0.1, 0.15) is 41.4 Å². The van der Waals surface area contributed by atoms with Crippen LogP contribution >= 0.6 is 0 Å². The van der Waals surface area contributed by atoms with Crippen LogP contribution in [0.5, 0.6) is 0 Å². The molecule has 140 valence electrons. The Hall–Kier alpha value is -3.09. The van der Waals surface area contributed by atoms with Gasteiger partial charge in [0.1, 0.15) is 0 Å². The van der Waals surface area contributed by atoms with Crippen LogP contribution in [0.4, 0.5) is 13.2 Å². The summed E-state index contributed by atoms with van der Waals surface area (Å²) in [6, 6.07) is 12.3. The van der Waals surface area contributed by atoms with Crippen molar-refractivity contribution >= 4 is 23.0 Å². The van der Waals surface area contributed by atoms with Crippen molar-refractivity contribution in [1.82, 2.24) is 9.99 Å². The minimum atomic E-state index is -4.50. The number of hydrazone groups is 1. The van der Waals surface area contributed by atoms with Gasteiger partial charge in [0.2, 0.25) is 0 Å². The lowest BCUT2D eigenvalue weighted by Crippen LogP contribution is -2.18. The average Bonchev–Trinajstić information content (AvgIpc) is 3.00. The fourth-order valence-electron chi connectivity index (χ4n) is 2.82. The fourth-order valence-corrected chi connectivity index (χ4v) is 2.82. The van der Waals surface area contributed by atoms with E-state index in [2.05, 4.69) is 28.9 Å². The highest BCUT2D eigenvalue weighted by atomic mass is 19.4. The minimum absolute atomic E-state index is 0.105. The third-order valence-corrected chi connectivity index (χ3v) is 4.15. The number of aromatic nitrogens is 1. The lowest BCUT2D eigenvalue weighted by molar-refractivity contribution is -0.137. The summed E-state index contributed by atoms with van der Waals surface area (Å²) >= 11 is 0. The number of fused-ring (bicyclic) bond motifs is 1. The van der Waals surface area contributed by atoms with Crippen molar-refractivity contribution in [3.8, 4) is 0 Å². The Labute approximate surface area is 154 Å². The van der Waals surface area contributed by atoms with Crippen LogP contribution in [0.3, 0.4) is 0 Å². The molecule has 0 atom stereocenters. The molecular formula is C20H18F3N3O. The SMILES string of the molecule is CC(C)n1cc(/C=N/NC(=O)c2cccc(C(F)(F)F)c2)c2ccccc21. The largest absolute Gasteiger partial charge is 0.416 e. The first kappa shape index (κ1) is 18.7. The Morgan fingerprint density at radius 2 is 1.89 bits per heavy atom. The summed E-state index contributed by atoms with van der Waals surface area (Å²) in [5.74, 6) is -0.704. The van der Waals surface area contributed by atoms with E-state index in [1.807, 2.05) is 30.5 Å². The van der Waals surface area contributed by atoms with Gasteiger partial charge in [0.25, 0.3) is 5.91 Å². The van der Waals surface area contributed by atoms with E-state index in [9.17, 15) is 18.0 Å². The number of amides is 1. The standard InChI is InChI=1S/C20H18F3N3O/c1-13(2)26-12-15(17-8-3-4-9-18(17)26)11-24-25-19(27)14-6-5-7-16(10-14)20(21,22)23/h3-13H,1-2H3,(H,25,27)/b24-11+. The van der Waals surface area contributed by atoms with Gasteiger partial charge in [-0.3, -0.25) is 4.79 Å². The maximum absolute atomic E-state index is 12.8. The van der Waals surface area contributed by atoms with Crippen LogP contribution in [0.2, 0.25) is 0 Å². The molecule has 1 N–H and O–H groups in total. The number of nitrogens with zero attached hydrogens (tertiary/aromatic N) is 2. The molecule has 2 aromatic carbocycles. The Morgan fingerprint density at radius 3 is 2.59 bits per heavy atom. The molecule has 3 aromatic rings. The van der Waals surface area contributed by atoms with Gasteiger partial charge < -0.3 is 4.57 Å². The summed E-state index contributed by atoms with van der Waals surface area (Å²) in [6.07, 6.45) is -1.08. The van der Waals surface area contributed by atoms with E-state index in [0.29, 0.717) is 0 Å². The molecule has 1 heterocycles. The van der Waals surface area contributed by atoms with Crippen molar-refractivity contribution in [2.45, 2.75) is 26.1 Å². The van der Waals surface area contributed by atoms with Crippen LogP contribution in [-0.2, 0) is 6.18 Å². The van der Waals surface area contributed by atoms with Gasteiger partial charge in [-0.05, 0) is 38.1 Å². The van der Waals surface area contributed by atoms with Gasteiger partial charge in [0.05, 0.1) is 11.8 Å². The van der Waals surface area contributed by atoms with Crippen molar-refractivity contribution in [2.75, 3.05) is 0 Å². The number of carbonyl (C=O) groups is 1. The summed E-state index contributed by atoms with van der Waals surface area (Å²) in [4.78, 5) is 12.1. The van der Waals surface area contributed by atoms with E-state index in [1.165, 1.54) is 18.3 Å². The quantitative estimate of drug-likeness (QED) is 0.507. The smallest absolute Gasteiger partial charge is 0.344 e. The molecule has 3 rings (SSSR count). The summed E-state index contributed by atoms with van der Waals surface area (Å²) in [5, 5.41) is 4.89. The van der Waals surface area contributed by atoms with Gasteiger partial charge in [-0.25, -0.2) is 5.43 Å². The van der Waals surface area contributed by atoms with Crippen LogP contribution in [0, 0.1) is 0 Å². The molecule has 0 aliphatic rings. The van der Waals surface area contributed by atoms with Gasteiger partial charge in [-0.1, -0.05) is 24.3 Å². The van der Waals surface area contributed by atoms with Crippen molar-refractivity contribution in [3.63, 3.8) is 0 Å². The number of para-hydroxylation sites is 1. The van der Waals surface area contributed by atoms with E-state index in [0.717, 1.165) is 28.6 Å². The minimum Gasteiger partial charge on any atom is -0.344 e. The van der Waals surface area contributed by atoms with E-state index < -0.39 is 17.6 Å². The first-order chi connectivity index (χ1) is 12.8. The molecule has 0 radical (unpaired) electrons. The molecule has 0 saturated carbocycles. The van der Waals surface area contributed by atoms with E-state index >= 15 is 0 Å². The Bertz CT molecular complexity index is 1000. The van der Waals surface area contributed by atoms with Gasteiger partial charge in [-0.15, -0.1) is 0 Å². The first-order valence-electron chi connectivity index (χ1n) is 8.37. The van der Waals surface area contributed by atoms with Crippen molar-refractivity contribution in [1.29, 1.82) is 0 Å². The Kier molecular flexibility index (Phi) is 5.03. The highest BCUT2D eigenvalue weighted by molar-refractivity contribution is 6.00. The molecular weight excluding hydrogens is 355 g/mol. The zero-order chi connectivity index (χ0) is 19.6. The number of hydrogen-bond acceptors (Lipinski definition) is 2. The predicted molar refractivity (Wildman–Crippen MR) is 98.8 cm³/mol. The van der Waals surface area contributed by atoms with Crippen LogP contribution in [-0.4, -0.2) is 16.7 Å². The van der Waals surface area contributed by atoms with E-state index in [4.69, 9.17) is 0 Å². The van der Waals surface area contributed by atoms with Gasteiger partial charge >= 0.3 is 6.18 Å². The molecule has 0 aliphatic heterocycles. The number of halogens is 3. The van der Waals surface area contributed by atoms with E-state index in [1.54, 1.807) is 0 Å². The number of alkyl halides is 3. The van der Waals surface area contributed by atoms with Gasteiger partial charge in [-0.2, -0.15) is 18.3 Å². The molecule has 0 saturated heterocycles. The monoisotopic (exact) mass is 373 g/mol. The topological polar surface area (TPSA) is 46.4 Å². The first-order valence-corrected chi connectivity index (χ1v) is 8.37. The Balaban J connectivity index is 1.80. The number of nitrogens with one attached hydrogen (secondary N) is 1. The highest BCUT2D eigenvalue weighted by Crippen LogP contribution is 2.29. The summed E-state index contributed by atoms with van der Waals surface area (Å²) < 4.78 is 40.4. The predicted octanol–water partition coefficient (Wildman–Crippen LogP) is 5.00. The summed E-state index contributed by atoms with van der Waals surface area (Å²) in [5.41, 5.74) is 3.15. The van der Waals surface area contributed by atoms with Crippen LogP contribution in [0.25, 0.3) is 10.9 Å². The van der Waals surface area contributed by atoms with Gasteiger partial charge in [0.15, 0.2) is 0 Å². The van der Waals surface area contributed by atoms with E-state index in [-0.39, 0.29) is 11.6 Å². The second kappa shape index (κ2) is 7.26. The molecule has 0 fully saturated rings. The number of rotatable bonds is 4. The van der Waals surface area contributed by atoms with Crippen LogP contribution < -0.4 is 5.43 Å². The zero-order valence-electron chi connectivity index (χ0n) is 14.8. The third kappa shape index (κ3) is 4.02. The van der Waals surface area contributed by atoms with Gasteiger partial charge in [0, 0.05) is 34.3 Å². The molecule has 27 heavy (non-hydrogen) atoms. The molecule has 1 aromatic heterocycles. The summed E-state index contributed by atoms with van der Waals surface area (Å²) in [7, 11) is 0. The van der Waals surface area contributed by atoms with Crippen molar-refractivity contribution < 1.29 is 18.0 Å². The molecule has 0 spiro atoms. The maximum Gasteiger partial charge on any atom is 0.416 e. The van der Waals surface area contributed by atoms with Crippen LogP contribution in [0.15, 0.2) is 59.8 Å². The second-order valence-corrected chi connectivity index (χ2v) is 6.38. The lowest BCUT2D eigenvalue weighted by Gasteiger charge is -2.08. The number of hydrogen-bond donors (Lipinski definition) is 1. The third-order valence-electron chi connectivity index (χ3n) is 4.15. The number of benzene rings is 2. The molecule has 7 heteroatoms. The summed E-state index contributed by atoms with van der Waals surface area (Å²) in [6.45, 7) is 4.12. The second-order valence-electron chi connectivity index (χ2n) is 6.38. The Morgan fingerprint density at radius 1 is 1.15 bits per heavy atom. The fraction of sp³-hybridized carbons (Fsp3) is 0.200. The average molecular weight is 373 g/mol. The molecule has 0 unspecified atom stereocenters. The molecule has 4 nitrogen and oxygen atoms in total. The molecule has 1 amide bonds. The lowest BCUT2D eigenvalue weighted by atomic mass is 10.1.